The molecule has 0 aliphatic heterocycles. The lowest BCUT2D eigenvalue weighted by Gasteiger charge is -2.14. The highest BCUT2D eigenvalue weighted by Gasteiger charge is 2.10. The molecule has 1 N–H and O–H groups in total. The smallest absolute Gasteiger partial charge is 0.230 e. The van der Waals surface area contributed by atoms with Gasteiger partial charge in [0.25, 0.3) is 0 Å². The minimum absolute atomic E-state index is 0.00321. The minimum Gasteiger partial charge on any atom is -0.494 e. The van der Waals surface area contributed by atoms with Crippen LogP contribution in [0.5, 0.6) is 5.75 Å². The lowest BCUT2D eigenvalue weighted by molar-refractivity contribution is -0.119. The predicted molar refractivity (Wildman–Crippen MR) is 99.0 cm³/mol. The zero-order chi connectivity index (χ0) is 16.7. The monoisotopic (exact) mass is 393 g/mol. The molecule has 0 spiro atoms. The number of ether oxygens (including phenoxy) is 1. The number of carbonyl (C=O) groups excluding carboxylic acids is 1. The van der Waals surface area contributed by atoms with Crippen LogP contribution >= 0.6 is 27.7 Å². The molecule has 23 heavy (non-hydrogen) atoms. The fourth-order valence-corrected chi connectivity index (χ4v) is 3.04. The van der Waals surface area contributed by atoms with Crippen LogP contribution in [-0.2, 0) is 4.79 Å². The summed E-state index contributed by atoms with van der Waals surface area (Å²) >= 11 is 4.93. The van der Waals surface area contributed by atoms with Crippen molar-refractivity contribution < 1.29 is 9.53 Å². The third-order valence-electron chi connectivity index (χ3n) is 3.25. The summed E-state index contributed by atoms with van der Waals surface area (Å²) in [6, 6.07) is 15.8. The molecule has 0 aliphatic rings. The number of benzene rings is 2. The van der Waals surface area contributed by atoms with Gasteiger partial charge in [-0.2, -0.15) is 0 Å². The summed E-state index contributed by atoms with van der Waals surface area (Å²) < 4.78 is 6.44. The molecular weight excluding hydrogens is 374 g/mol. The van der Waals surface area contributed by atoms with Crippen molar-refractivity contribution in [1.29, 1.82) is 0 Å². The maximum Gasteiger partial charge on any atom is 0.230 e. The van der Waals surface area contributed by atoms with Crippen molar-refractivity contribution in [3.63, 3.8) is 0 Å². The van der Waals surface area contributed by atoms with E-state index < -0.39 is 0 Å². The lowest BCUT2D eigenvalue weighted by Crippen LogP contribution is -2.28. The molecule has 2 aromatic carbocycles. The van der Waals surface area contributed by atoms with Crippen molar-refractivity contribution in [1.82, 2.24) is 5.32 Å². The van der Waals surface area contributed by atoms with Crippen LogP contribution in [-0.4, -0.2) is 18.3 Å². The first-order valence-corrected chi connectivity index (χ1v) is 9.27. The molecule has 122 valence electrons. The summed E-state index contributed by atoms with van der Waals surface area (Å²) in [5.41, 5.74) is 1.09. The first-order valence-electron chi connectivity index (χ1n) is 7.49. The van der Waals surface area contributed by atoms with Gasteiger partial charge in [0.2, 0.25) is 5.91 Å². The van der Waals surface area contributed by atoms with Crippen molar-refractivity contribution in [2.45, 2.75) is 24.8 Å². The summed E-state index contributed by atoms with van der Waals surface area (Å²) in [6.45, 7) is 4.60. The quantitative estimate of drug-likeness (QED) is 0.685. The molecule has 2 aromatic rings. The van der Waals surface area contributed by atoms with Gasteiger partial charge in [0.05, 0.1) is 18.4 Å². The van der Waals surface area contributed by atoms with Gasteiger partial charge in [0.15, 0.2) is 0 Å². The van der Waals surface area contributed by atoms with Gasteiger partial charge in [-0.05, 0) is 55.8 Å². The second-order valence-corrected chi connectivity index (χ2v) is 7.00. The molecule has 0 aromatic heterocycles. The van der Waals surface area contributed by atoms with E-state index in [9.17, 15) is 4.79 Å². The number of nitrogens with one attached hydrogen (secondary N) is 1. The SMILES string of the molecule is CCOc1ccc(SCC(=O)N[C@@H](C)c2ccc(Br)cc2)cc1. The van der Waals surface area contributed by atoms with Gasteiger partial charge < -0.3 is 10.1 Å². The van der Waals surface area contributed by atoms with Crippen LogP contribution in [0.4, 0.5) is 0 Å². The van der Waals surface area contributed by atoms with Crippen LogP contribution in [0.1, 0.15) is 25.5 Å². The van der Waals surface area contributed by atoms with Crippen molar-refractivity contribution in [2.75, 3.05) is 12.4 Å². The average molecular weight is 394 g/mol. The van der Waals surface area contributed by atoms with Crippen molar-refractivity contribution >= 4 is 33.6 Å². The first kappa shape index (κ1) is 17.9. The molecule has 2 rings (SSSR count). The molecular formula is C18H20BrNO2S. The average Bonchev–Trinajstić information content (AvgIpc) is 2.55. The van der Waals surface area contributed by atoms with E-state index in [0.29, 0.717) is 12.4 Å². The molecule has 0 radical (unpaired) electrons. The van der Waals surface area contributed by atoms with E-state index in [1.165, 1.54) is 11.8 Å². The number of hydrogen-bond acceptors (Lipinski definition) is 3. The van der Waals surface area contributed by atoms with Crippen LogP contribution in [0, 0.1) is 0 Å². The van der Waals surface area contributed by atoms with Crippen LogP contribution in [0.3, 0.4) is 0 Å². The molecule has 0 saturated carbocycles. The van der Waals surface area contributed by atoms with Gasteiger partial charge in [0, 0.05) is 9.37 Å². The topological polar surface area (TPSA) is 38.3 Å². The van der Waals surface area contributed by atoms with E-state index in [0.717, 1.165) is 20.7 Å². The van der Waals surface area contributed by atoms with Crippen LogP contribution in [0.2, 0.25) is 0 Å². The lowest BCUT2D eigenvalue weighted by atomic mass is 10.1. The Morgan fingerprint density at radius 3 is 2.43 bits per heavy atom. The molecule has 1 atom stereocenters. The largest absolute Gasteiger partial charge is 0.494 e. The predicted octanol–water partition coefficient (Wildman–Crippen LogP) is 4.82. The Balaban J connectivity index is 1.81. The van der Waals surface area contributed by atoms with Gasteiger partial charge >= 0.3 is 0 Å². The highest BCUT2D eigenvalue weighted by atomic mass is 79.9. The van der Waals surface area contributed by atoms with Gasteiger partial charge in [-0.3, -0.25) is 4.79 Å². The van der Waals surface area contributed by atoms with Crippen molar-refractivity contribution in [3.05, 3.63) is 58.6 Å². The Hall–Kier alpha value is -1.46. The normalized spacial score (nSPS) is 11.8. The van der Waals surface area contributed by atoms with Gasteiger partial charge in [0.1, 0.15) is 5.75 Å². The van der Waals surface area contributed by atoms with E-state index in [2.05, 4.69) is 21.2 Å². The molecule has 3 nitrogen and oxygen atoms in total. The molecule has 0 aliphatic carbocycles. The molecule has 0 heterocycles. The van der Waals surface area contributed by atoms with Gasteiger partial charge in [-0.15, -0.1) is 11.8 Å². The number of amides is 1. The molecule has 0 saturated heterocycles. The molecule has 5 heteroatoms. The first-order chi connectivity index (χ1) is 11.1. The van der Waals surface area contributed by atoms with Crippen molar-refractivity contribution in [2.24, 2.45) is 0 Å². The second kappa shape index (κ2) is 8.99. The summed E-state index contributed by atoms with van der Waals surface area (Å²) in [5.74, 6) is 1.28. The standard InChI is InChI=1S/C18H20BrNO2S/c1-3-22-16-8-10-17(11-9-16)23-12-18(21)20-13(2)14-4-6-15(19)7-5-14/h4-11,13H,3,12H2,1-2H3,(H,20,21)/t13-/m0/s1. The third kappa shape index (κ3) is 5.92. The highest BCUT2D eigenvalue weighted by Crippen LogP contribution is 2.22. The molecule has 0 unspecified atom stereocenters. The summed E-state index contributed by atoms with van der Waals surface area (Å²) in [6.07, 6.45) is 0. The highest BCUT2D eigenvalue weighted by molar-refractivity contribution is 9.10. The maximum absolute atomic E-state index is 12.1. The Kier molecular flexibility index (Phi) is 6.99. The van der Waals surface area contributed by atoms with Crippen molar-refractivity contribution in [3.8, 4) is 5.75 Å². The Morgan fingerprint density at radius 1 is 1.17 bits per heavy atom. The Labute approximate surface area is 149 Å². The zero-order valence-corrected chi connectivity index (χ0v) is 15.6. The van der Waals surface area contributed by atoms with Crippen LogP contribution in [0.15, 0.2) is 57.9 Å². The fraction of sp³-hybridized carbons (Fsp3) is 0.278. The second-order valence-electron chi connectivity index (χ2n) is 5.03. The molecule has 1 amide bonds. The van der Waals surface area contributed by atoms with Crippen LogP contribution in [0.25, 0.3) is 0 Å². The van der Waals surface area contributed by atoms with Gasteiger partial charge in [-0.1, -0.05) is 28.1 Å². The minimum atomic E-state index is -0.00321. The Morgan fingerprint density at radius 2 is 1.83 bits per heavy atom. The summed E-state index contributed by atoms with van der Waals surface area (Å²) in [7, 11) is 0. The van der Waals surface area contributed by atoms with E-state index in [1.54, 1.807) is 0 Å². The fourth-order valence-electron chi connectivity index (χ4n) is 2.07. The molecule has 0 fully saturated rings. The number of rotatable bonds is 7. The van der Waals surface area contributed by atoms with E-state index in [1.807, 2.05) is 62.4 Å². The number of hydrogen-bond donors (Lipinski definition) is 1. The zero-order valence-electron chi connectivity index (χ0n) is 13.2. The van der Waals surface area contributed by atoms with Gasteiger partial charge in [-0.25, -0.2) is 0 Å². The van der Waals surface area contributed by atoms with E-state index in [4.69, 9.17) is 4.74 Å². The number of thioether (sulfide) groups is 1. The molecule has 0 bridgehead atoms. The van der Waals surface area contributed by atoms with E-state index >= 15 is 0 Å². The number of halogens is 1. The Bertz CT molecular complexity index is 628. The summed E-state index contributed by atoms with van der Waals surface area (Å²) in [4.78, 5) is 13.1. The maximum atomic E-state index is 12.1. The summed E-state index contributed by atoms with van der Waals surface area (Å²) in [5, 5.41) is 3.02. The number of carbonyl (C=O) groups is 1. The van der Waals surface area contributed by atoms with E-state index in [-0.39, 0.29) is 11.9 Å². The van der Waals surface area contributed by atoms with Crippen LogP contribution < -0.4 is 10.1 Å². The third-order valence-corrected chi connectivity index (χ3v) is 4.79.